The van der Waals surface area contributed by atoms with Crippen LogP contribution in [0, 0.1) is 13.8 Å². The molecule has 2 aromatic rings. The summed E-state index contributed by atoms with van der Waals surface area (Å²) in [6.07, 6.45) is 1.91. The summed E-state index contributed by atoms with van der Waals surface area (Å²) in [6, 6.07) is 11.2. The molecule has 0 aromatic heterocycles. The summed E-state index contributed by atoms with van der Waals surface area (Å²) in [4.78, 5) is 11.9. The van der Waals surface area contributed by atoms with Gasteiger partial charge in [-0.3, -0.25) is 4.79 Å². The second-order valence-corrected chi connectivity index (χ2v) is 5.43. The quantitative estimate of drug-likeness (QED) is 0.656. The van der Waals surface area contributed by atoms with Gasteiger partial charge in [0, 0.05) is 0 Å². The molecule has 0 saturated heterocycles. The fourth-order valence-corrected chi connectivity index (χ4v) is 2.32. The second kappa shape index (κ2) is 8.15. The predicted molar refractivity (Wildman–Crippen MR) is 94.9 cm³/mol. The summed E-state index contributed by atoms with van der Waals surface area (Å²) < 4.78 is 10.4. The number of rotatable bonds is 6. The number of hydrazone groups is 1. The number of hydrogen-bond donors (Lipinski definition) is 1. The number of carbonyl (C=O) groups excluding carboxylic acids is 1. The first-order chi connectivity index (χ1) is 11.5. The van der Waals surface area contributed by atoms with Crippen molar-refractivity contribution in [3.05, 3.63) is 58.7 Å². The molecule has 24 heavy (non-hydrogen) atoms. The Morgan fingerprint density at radius 1 is 1.04 bits per heavy atom. The van der Waals surface area contributed by atoms with Crippen LogP contribution >= 0.6 is 0 Å². The second-order valence-electron chi connectivity index (χ2n) is 5.43. The maximum absolute atomic E-state index is 11.9. The summed E-state index contributed by atoms with van der Waals surface area (Å²) in [5.74, 6) is 1.44. The molecule has 0 spiro atoms. The maximum atomic E-state index is 11.9. The highest BCUT2D eigenvalue weighted by atomic mass is 16.5. The molecular weight excluding hydrogens is 304 g/mol. The van der Waals surface area contributed by atoms with E-state index in [1.54, 1.807) is 20.4 Å². The van der Waals surface area contributed by atoms with E-state index in [4.69, 9.17) is 9.47 Å². The van der Waals surface area contributed by atoms with E-state index in [0.717, 1.165) is 33.8 Å². The molecule has 0 saturated carbocycles. The molecule has 126 valence electrons. The molecule has 0 heterocycles. The highest BCUT2D eigenvalue weighted by Crippen LogP contribution is 2.22. The van der Waals surface area contributed by atoms with Crippen molar-refractivity contribution in [2.24, 2.45) is 5.10 Å². The van der Waals surface area contributed by atoms with Crippen LogP contribution in [-0.4, -0.2) is 26.3 Å². The number of nitrogens with one attached hydrogen (secondary N) is 1. The third kappa shape index (κ3) is 4.35. The Balaban J connectivity index is 1.95. The van der Waals surface area contributed by atoms with Gasteiger partial charge in [-0.15, -0.1) is 0 Å². The average Bonchev–Trinajstić information content (AvgIpc) is 2.59. The zero-order chi connectivity index (χ0) is 17.5. The topological polar surface area (TPSA) is 59.9 Å². The Kier molecular flexibility index (Phi) is 5.95. The van der Waals surface area contributed by atoms with Crippen molar-refractivity contribution in [3.8, 4) is 11.5 Å². The SMILES string of the molecule is COc1ccc(CC(=O)N/N=C/c2ccc(OC)c(C)c2C)cc1. The molecule has 5 nitrogen and oxygen atoms in total. The van der Waals surface area contributed by atoms with E-state index < -0.39 is 0 Å². The van der Waals surface area contributed by atoms with Crippen molar-refractivity contribution in [3.63, 3.8) is 0 Å². The Hall–Kier alpha value is -2.82. The minimum atomic E-state index is -0.167. The molecule has 0 atom stereocenters. The van der Waals surface area contributed by atoms with Crippen LogP contribution in [0.25, 0.3) is 0 Å². The molecular formula is C19H22N2O3. The minimum absolute atomic E-state index is 0.167. The molecule has 2 rings (SSSR count). The number of carbonyl (C=O) groups is 1. The molecule has 0 fully saturated rings. The van der Waals surface area contributed by atoms with Gasteiger partial charge in [0.15, 0.2) is 0 Å². The van der Waals surface area contributed by atoms with Crippen molar-refractivity contribution >= 4 is 12.1 Å². The Bertz CT molecular complexity index is 737. The number of ether oxygens (including phenoxy) is 2. The Morgan fingerprint density at radius 3 is 2.38 bits per heavy atom. The summed E-state index contributed by atoms with van der Waals surface area (Å²) in [5, 5.41) is 4.04. The lowest BCUT2D eigenvalue weighted by atomic mass is 10.0. The van der Waals surface area contributed by atoms with Crippen molar-refractivity contribution in [2.75, 3.05) is 14.2 Å². The van der Waals surface area contributed by atoms with E-state index in [9.17, 15) is 4.79 Å². The zero-order valence-electron chi connectivity index (χ0n) is 14.4. The molecule has 1 amide bonds. The minimum Gasteiger partial charge on any atom is -0.497 e. The van der Waals surface area contributed by atoms with E-state index in [1.165, 1.54) is 0 Å². The first-order valence-corrected chi connectivity index (χ1v) is 7.64. The highest BCUT2D eigenvalue weighted by Gasteiger charge is 2.06. The molecule has 0 radical (unpaired) electrons. The van der Waals surface area contributed by atoms with E-state index in [2.05, 4.69) is 10.5 Å². The van der Waals surface area contributed by atoms with Crippen LogP contribution in [0.4, 0.5) is 0 Å². The maximum Gasteiger partial charge on any atom is 0.244 e. The van der Waals surface area contributed by atoms with E-state index >= 15 is 0 Å². The first kappa shape index (κ1) is 17.5. The van der Waals surface area contributed by atoms with Crippen LogP contribution in [0.5, 0.6) is 11.5 Å². The van der Waals surface area contributed by atoms with Crippen LogP contribution in [-0.2, 0) is 11.2 Å². The molecule has 5 heteroatoms. The van der Waals surface area contributed by atoms with Crippen LogP contribution in [0.1, 0.15) is 22.3 Å². The van der Waals surface area contributed by atoms with Gasteiger partial charge in [-0.2, -0.15) is 5.10 Å². The molecule has 0 aliphatic heterocycles. The van der Waals surface area contributed by atoms with Crippen LogP contribution in [0.2, 0.25) is 0 Å². The number of methoxy groups -OCH3 is 2. The van der Waals surface area contributed by atoms with Gasteiger partial charge in [0.05, 0.1) is 26.9 Å². The number of amides is 1. The molecule has 0 bridgehead atoms. The van der Waals surface area contributed by atoms with Crippen LogP contribution in [0.3, 0.4) is 0 Å². The van der Waals surface area contributed by atoms with Crippen molar-refractivity contribution in [1.82, 2.24) is 5.43 Å². The molecule has 2 aromatic carbocycles. The predicted octanol–water partition coefficient (Wildman–Crippen LogP) is 3.01. The smallest absolute Gasteiger partial charge is 0.244 e. The van der Waals surface area contributed by atoms with E-state index in [-0.39, 0.29) is 12.3 Å². The fourth-order valence-electron chi connectivity index (χ4n) is 2.32. The van der Waals surface area contributed by atoms with Gasteiger partial charge in [-0.1, -0.05) is 12.1 Å². The van der Waals surface area contributed by atoms with E-state index in [0.29, 0.717) is 0 Å². The lowest BCUT2D eigenvalue weighted by Gasteiger charge is -2.09. The Labute approximate surface area is 142 Å². The third-order valence-corrected chi connectivity index (χ3v) is 3.92. The zero-order valence-corrected chi connectivity index (χ0v) is 14.4. The summed E-state index contributed by atoms with van der Waals surface area (Å²) in [6.45, 7) is 3.99. The largest absolute Gasteiger partial charge is 0.497 e. The van der Waals surface area contributed by atoms with Gasteiger partial charge in [-0.25, -0.2) is 5.43 Å². The lowest BCUT2D eigenvalue weighted by Crippen LogP contribution is -2.19. The van der Waals surface area contributed by atoms with Crippen LogP contribution < -0.4 is 14.9 Å². The molecule has 0 aliphatic carbocycles. The van der Waals surface area contributed by atoms with Gasteiger partial charge in [-0.05, 0) is 60.4 Å². The van der Waals surface area contributed by atoms with Gasteiger partial charge >= 0.3 is 0 Å². The molecule has 0 aliphatic rings. The average molecular weight is 326 g/mol. The summed E-state index contributed by atoms with van der Waals surface area (Å²) in [5.41, 5.74) is 6.53. The van der Waals surface area contributed by atoms with Gasteiger partial charge < -0.3 is 9.47 Å². The van der Waals surface area contributed by atoms with Crippen molar-refractivity contribution in [1.29, 1.82) is 0 Å². The van der Waals surface area contributed by atoms with Gasteiger partial charge in [0.1, 0.15) is 11.5 Å². The Morgan fingerprint density at radius 2 is 1.75 bits per heavy atom. The standard InChI is InChI=1S/C19H22N2O3/c1-13-14(2)18(24-4)10-7-16(13)12-20-21-19(22)11-15-5-8-17(23-3)9-6-15/h5-10,12H,11H2,1-4H3,(H,21,22)/b20-12+. The fraction of sp³-hybridized carbons (Fsp3) is 0.263. The van der Waals surface area contributed by atoms with Gasteiger partial charge in [0.25, 0.3) is 0 Å². The highest BCUT2D eigenvalue weighted by molar-refractivity contribution is 5.85. The molecule has 0 unspecified atom stereocenters. The summed E-state index contributed by atoms with van der Waals surface area (Å²) in [7, 11) is 3.26. The number of hydrogen-bond acceptors (Lipinski definition) is 4. The normalized spacial score (nSPS) is 10.7. The van der Waals surface area contributed by atoms with Crippen molar-refractivity contribution in [2.45, 2.75) is 20.3 Å². The number of benzene rings is 2. The first-order valence-electron chi connectivity index (χ1n) is 7.64. The lowest BCUT2D eigenvalue weighted by molar-refractivity contribution is -0.120. The molecule has 1 N–H and O–H groups in total. The van der Waals surface area contributed by atoms with Crippen LogP contribution in [0.15, 0.2) is 41.5 Å². The van der Waals surface area contributed by atoms with E-state index in [1.807, 2.05) is 50.2 Å². The third-order valence-electron chi connectivity index (χ3n) is 3.92. The monoisotopic (exact) mass is 326 g/mol. The van der Waals surface area contributed by atoms with Crippen molar-refractivity contribution < 1.29 is 14.3 Å². The number of nitrogens with zero attached hydrogens (tertiary/aromatic N) is 1. The van der Waals surface area contributed by atoms with Gasteiger partial charge in [0.2, 0.25) is 5.91 Å². The summed E-state index contributed by atoms with van der Waals surface area (Å²) >= 11 is 0.